The van der Waals surface area contributed by atoms with Crippen molar-refractivity contribution in [1.82, 2.24) is 0 Å². The molecule has 0 saturated carbocycles. The van der Waals surface area contributed by atoms with E-state index < -0.39 is 0 Å². The minimum atomic E-state index is 1.20. The second kappa shape index (κ2) is 12.8. The Hall–Kier alpha value is -6.50. The Bertz CT molecular complexity index is 2520. The quantitative estimate of drug-likeness (QED) is 0.160. The van der Waals surface area contributed by atoms with E-state index in [1.807, 2.05) is 0 Å². The van der Waals surface area contributed by atoms with Crippen molar-refractivity contribution < 1.29 is 0 Å². The summed E-state index contributed by atoms with van der Waals surface area (Å²) in [7, 11) is 0. The molecule has 0 aliphatic rings. The standard InChI is InChI=1S/C50H34/c1-4-14-35(15-5-1)37-24-28-39(29-25-37)43-33-32-42(34-48(43)40-30-26-38(27-31-40)36-16-6-2-7-17-36)50-46-22-12-10-20-44(46)49(41-18-8-3-9-19-41)45-21-11-13-23-47(45)50/h1-34H. The highest BCUT2D eigenvalue weighted by atomic mass is 14.2. The van der Waals surface area contributed by atoms with Crippen LogP contribution in [0.3, 0.4) is 0 Å². The smallest absolute Gasteiger partial charge is 0.00261 e. The molecule has 0 aliphatic heterocycles. The second-order valence-electron chi connectivity index (χ2n) is 12.9. The fourth-order valence-corrected chi connectivity index (χ4v) is 7.49. The van der Waals surface area contributed by atoms with Gasteiger partial charge in [0.1, 0.15) is 0 Å². The fraction of sp³-hybridized carbons (Fsp3) is 0. The summed E-state index contributed by atoms with van der Waals surface area (Å²) < 4.78 is 0. The lowest BCUT2D eigenvalue weighted by atomic mass is 9.84. The van der Waals surface area contributed by atoms with Crippen LogP contribution in [0.1, 0.15) is 0 Å². The number of hydrogen-bond donors (Lipinski definition) is 0. The Morgan fingerprint density at radius 2 is 0.480 bits per heavy atom. The summed E-state index contributed by atoms with van der Waals surface area (Å²) in [6.07, 6.45) is 0. The average molecular weight is 635 g/mol. The first-order valence-corrected chi connectivity index (χ1v) is 17.3. The highest BCUT2D eigenvalue weighted by molar-refractivity contribution is 6.21. The van der Waals surface area contributed by atoms with Crippen molar-refractivity contribution in [3.05, 3.63) is 206 Å². The van der Waals surface area contributed by atoms with E-state index >= 15 is 0 Å². The first kappa shape index (κ1) is 29.6. The zero-order chi connectivity index (χ0) is 33.3. The van der Waals surface area contributed by atoms with Gasteiger partial charge in [-0.25, -0.2) is 0 Å². The van der Waals surface area contributed by atoms with Gasteiger partial charge in [-0.2, -0.15) is 0 Å². The van der Waals surface area contributed by atoms with Crippen LogP contribution in [0.5, 0.6) is 0 Å². The van der Waals surface area contributed by atoms with Crippen molar-refractivity contribution in [3.8, 4) is 66.8 Å². The topological polar surface area (TPSA) is 0 Å². The largest absolute Gasteiger partial charge is 0.0622 e. The average Bonchev–Trinajstić information content (AvgIpc) is 3.21. The maximum Gasteiger partial charge on any atom is -0.00261 e. The molecule has 0 bridgehead atoms. The molecule has 0 fully saturated rings. The molecular formula is C50H34. The summed E-state index contributed by atoms with van der Waals surface area (Å²) in [5.41, 5.74) is 14.7. The zero-order valence-corrected chi connectivity index (χ0v) is 27.6. The van der Waals surface area contributed by atoms with E-state index in [1.54, 1.807) is 0 Å². The summed E-state index contributed by atoms with van der Waals surface area (Å²) >= 11 is 0. The predicted molar refractivity (Wildman–Crippen MR) is 214 cm³/mol. The molecular weight excluding hydrogens is 601 g/mol. The van der Waals surface area contributed by atoms with Crippen molar-refractivity contribution in [2.45, 2.75) is 0 Å². The first-order valence-electron chi connectivity index (χ1n) is 17.3. The van der Waals surface area contributed by atoms with Gasteiger partial charge in [0.15, 0.2) is 0 Å². The van der Waals surface area contributed by atoms with Gasteiger partial charge in [0.05, 0.1) is 0 Å². The molecule has 0 heterocycles. The van der Waals surface area contributed by atoms with Crippen LogP contribution < -0.4 is 0 Å². The van der Waals surface area contributed by atoms with E-state index in [-0.39, 0.29) is 0 Å². The molecule has 234 valence electrons. The van der Waals surface area contributed by atoms with Crippen LogP contribution >= 0.6 is 0 Å². The number of fused-ring (bicyclic) bond motifs is 2. The monoisotopic (exact) mass is 634 g/mol. The molecule has 0 aromatic heterocycles. The zero-order valence-electron chi connectivity index (χ0n) is 27.6. The van der Waals surface area contributed by atoms with Crippen LogP contribution in [0.2, 0.25) is 0 Å². The molecule has 50 heavy (non-hydrogen) atoms. The minimum absolute atomic E-state index is 1.20. The van der Waals surface area contributed by atoms with Crippen molar-refractivity contribution in [1.29, 1.82) is 0 Å². The van der Waals surface area contributed by atoms with Crippen LogP contribution in [0.25, 0.3) is 88.3 Å². The SMILES string of the molecule is c1ccc(-c2ccc(-c3ccc(-c4c5ccccc5c(-c5ccccc5)c5ccccc45)cc3-c3ccc(-c4ccccc4)cc3)cc2)cc1. The van der Waals surface area contributed by atoms with Crippen molar-refractivity contribution in [2.75, 3.05) is 0 Å². The number of rotatable bonds is 6. The maximum absolute atomic E-state index is 2.41. The van der Waals surface area contributed by atoms with Crippen molar-refractivity contribution in [3.63, 3.8) is 0 Å². The molecule has 0 unspecified atom stereocenters. The van der Waals surface area contributed by atoms with E-state index in [2.05, 4.69) is 206 Å². The van der Waals surface area contributed by atoms with Crippen LogP contribution in [-0.4, -0.2) is 0 Å². The van der Waals surface area contributed by atoms with E-state index in [4.69, 9.17) is 0 Å². The first-order chi connectivity index (χ1) is 24.8. The lowest BCUT2D eigenvalue weighted by Crippen LogP contribution is -1.92. The number of benzene rings is 9. The fourth-order valence-electron chi connectivity index (χ4n) is 7.49. The van der Waals surface area contributed by atoms with E-state index in [1.165, 1.54) is 88.3 Å². The normalized spacial score (nSPS) is 11.2. The highest BCUT2D eigenvalue weighted by Gasteiger charge is 2.18. The molecule has 0 nitrogen and oxygen atoms in total. The lowest BCUT2D eigenvalue weighted by Gasteiger charge is -2.19. The summed E-state index contributed by atoms with van der Waals surface area (Å²) in [6, 6.07) is 74.9. The van der Waals surface area contributed by atoms with Gasteiger partial charge in [0.25, 0.3) is 0 Å². The molecule has 0 atom stereocenters. The van der Waals surface area contributed by atoms with Gasteiger partial charge in [-0.1, -0.05) is 200 Å². The Morgan fingerprint density at radius 3 is 0.920 bits per heavy atom. The van der Waals surface area contributed by atoms with Crippen LogP contribution in [0.4, 0.5) is 0 Å². The van der Waals surface area contributed by atoms with Crippen LogP contribution in [-0.2, 0) is 0 Å². The molecule has 0 spiro atoms. The summed E-state index contributed by atoms with van der Waals surface area (Å²) in [5, 5.41) is 5.05. The summed E-state index contributed by atoms with van der Waals surface area (Å²) in [6.45, 7) is 0. The van der Waals surface area contributed by atoms with Crippen molar-refractivity contribution >= 4 is 21.5 Å². The summed E-state index contributed by atoms with van der Waals surface area (Å²) in [4.78, 5) is 0. The van der Waals surface area contributed by atoms with Crippen LogP contribution in [0.15, 0.2) is 206 Å². The third kappa shape index (κ3) is 5.38. The Kier molecular flexibility index (Phi) is 7.61. The van der Waals surface area contributed by atoms with Crippen molar-refractivity contribution in [2.24, 2.45) is 0 Å². The molecule has 9 aromatic rings. The molecule has 9 aromatic carbocycles. The third-order valence-corrected chi connectivity index (χ3v) is 9.91. The molecule has 0 aliphatic carbocycles. The third-order valence-electron chi connectivity index (χ3n) is 9.91. The molecule has 0 heteroatoms. The highest BCUT2D eigenvalue weighted by Crippen LogP contribution is 2.45. The van der Waals surface area contributed by atoms with Gasteiger partial charge in [-0.3, -0.25) is 0 Å². The van der Waals surface area contributed by atoms with Crippen LogP contribution in [0, 0.1) is 0 Å². The van der Waals surface area contributed by atoms with Gasteiger partial charge in [-0.05, 0) is 94.4 Å². The van der Waals surface area contributed by atoms with Gasteiger partial charge < -0.3 is 0 Å². The Balaban J connectivity index is 1.26. The van der Waals surface area contributed by atoms with E-state index in [9.17, 15) is 0 Å². The molecule has 0 radical (unpaired) electrons. The maximum atomic E-state index is 2.41. The molecule has 0 N–H and O–H groups in total. The van der Waals surface area contributed by atoms with E-state index in [0.29, 0.717) is 0 Å². The lowest BCUT2D eigenvalue weighted by molar-refractivity contribution is 1.56. The Morgan fingerprint density at radius 1 is 0.180 bits per heavy atom. The Labute approximate surface area is 293 Å². The van der Waals surface area contributed by atoms with Gasteiger partial charge in [-0.15, -0.1) is 0 Å². The molecule has 9 rings (SSSR count). The van der Waals surface area contributed by atoms with E-state index in [0.717, 1.165) is 0 Å². The van der Waals surface area contributed by atoms with Gasteiger partial charge in [0.2, 0.25) is 0 Å². The molecule has 0 saturated heterocycles. The van der Waals surface area contributed by atoms with Gasteiger partial charge in [0, 0.05) is 0 Å². The summed E-state index contributed by atoms with van der Waals surface area (Å²) in [5.74, 6) is 0. The predicted octanol–water partition coefficient (Wildman–Crippen LogP) is 14.0. The number of hydrogen-bond acceptors (Lipinski definition) is 0. The minimum Gasteiger partial charge on any atom is -0.0622 e. The second-order valence-corrected chi connectivity index (χ2v) is 12.9. The molecule has 0 amide bonds. The van der Waals surface area contributed by atoms with Gasteiger partial charge >= 0.3 is 0 Å².